The van der Waals surface area contributed by atoms with E-state index in [4.69, 9.17) is 21.3 Å². The molecule has 0 aromatic heterocycles. The molecule has 5 heteroatoms. The number of methoxy groups -OCH3 is 1. The van der Waals surface area contributed by atoms with Gasteiger partial charge in [-0.3, -0.25) is 4.79 Å². The number of nitrogen functional groups attached to an aromatic ring is 2. The van der Waals surface area contributed by atoms with E-state index in [1.165, 1.54) is 7.11 Å². The minimum atomic E-state index is -0.972. The number of rotatable bonds is 3. The van der Waals surface area contributed by atoms with Crippen LogP contribution in [0.4, 0.5) is 11.4 Å². The molecule has 0 saturated heterocycles. The van der Waals surface area contributed by atoms with Crippen LogP contribution in [0.5, 0.6) is 5.75 Å². The van der Waals surface area contributed by atoms with Crippen molar-refractivity contribution in [1.82, 2.24) is 0 Å². The second-order valence-electron chi connectivity index (χ2n) is 2.82. The summed E-state index contributed by atoms with van der Waals surface area (Å²) in [6.45, 7) is 0. The van der Waals surface area contributed by atoms with Gasteiger partial charge in [-0.25, -0.2) is 0 Å². The molecule has 0 amide bonds. The van der Waals surface area contributed by atoms with Crippen molar-refractivity contribution in [3.63, 3.8) is 0 Å². The molecule has 0 bridgehead atoms. The van der Waals surface area contributed by atoms with Crippen LogP contribution in [0.3, 0.4) is 0 Å². The maximum absolute atomic E-state index is 10.5. The lowest BCUT2D eigenvalue weighted by Crippen LogP contribution is -2.07. The van der Waals surface area contributed by atoms with Gasteiger partial charge in [-0.2, -0.15) is 0 Å². The maximum Gasteiger partial charge on any atom is 0.308 e. The largest absolute Gasteiger partial charge is 0.496 e. The topological polar surface area (TPSA) is 98.6 Å². The predicted molar refractivity (Wildman–Crippen MR) is 53.2 cm³/mol. The van der Waals surface area contributed by atoms with Gasteiger partial charge in [0.05, 0.1) is 24.9 Å². The molecule has 1 rings (SSSR count). The molecule has 1 aromatic carbocycles. The number of aliphatic carboxylic acids is 1. The van der Waals surface area contributed by atoms with Crippen molar-refractivity contribution in [3.8, 4) is 5.75 Å². The molecule has 0 unspecified atom stereocenters. The summed E-state index contributed by atoms with van der Waals surface area (Å²) >= 11 is 0. The first-order valence-corrected chi connectivity index (χ1v) is 3.99. The highest BCUT2D eigenvalue weighted by molar-refractivity contribution is 5.79. The Hall–Kier alpha value is -1.91. The van der Waals surface area contributed by atoms with E-state index in [2.05, 4.69) is 0 Å². The van der Waals surface area contributed by atoms with E-state index >= 15 is 0 Å². The third-order valence-corrected chi connectivity index (χ3v) is 1.90. The zero-order chi connectivity index (χ0) is 10.7. The van der Waals surface area contributed by atoms with Crippen LogP contribution < -0.4 is 16.2 Å². The molecule has 0 spiro atoms. The van der Waals surface area contributed by atoms with Crippen LogP contribution in [0.25, 0.3) is 0 Å². The molecule has 14 heavy (non-hydrogen) atoms. The van der Waals surface area contributed by atoms with Gasteiger partial charge in [-0.15, -0.1) is 0 Å². The molecule has 0 aliphatic rings. The highest BCUT2D eigenvalue weighted by Crippen LogP contribution is 2.29. The Morgan fingerprint density at radius 2 is 2.14 bits per heavy atom. The van der Waals surface area contributed by atoms with E-state index in [0.29, 0.717) is 17.0 Å². The number of carbonyl (C=O) groups is 1. The standard InChI is InChI=1S/C9H12N2O3/c1-14-7-3-2-6(10)9(11)5(7)4-8(12)13/h2-3H,4,10-11H2,1H3,(H,12,13). The lowest BCUT2D eigenvalue weighted by molar-refractivity contribution is -0.136. The number of carboxylic acid groups (broad SMARTS) is 1. The molecular formula is C9H12N2O3. The molecular weight excluding hydrogens is 184 g/mol. The Bertz CT molecular complexity index is 363. The van der Waals surface area contributed by atoms with Crippen molar-refractivity contribution >= 4 is 17.3 Å². The molecule has 76 valence electrons. The van der Waals surface area contributed by atoms with Crippen molar-refractivity contribution in [2.24, 2.45) is 0 Å². The number of hydrogen-bond donors (Lipinski definition) is 3. The second-order valence-corrected chi connectivity index (χ2v) is 2.82. The van der Waals surface area contributed by atoms with Gasteiger partial charge in [0.2, 0.25) is 0 Å². The normalized spacial score (nSPS) is 9.79. The molecule has 5 nitrogen and oxygen atoms in total. The number of anilines is 2. The fraction of sp³-hybridized carbons (Fsp3) is 0.222. The van der Waals surface area contributed by atoms with Gasteiger partial charge in [0.25, 0.3) is 0 Å². The van der Waals surface area contributed by atoms with Gasteiger partial charge in [0.1, 0.15) is 5.75 Å². The van der Waals surface area contributed by atoms with Crippen molar-refractivity contribution in [2.45, 2.75) is 6.42 Å². The summed E-state index contributed by atoms with van der Waals surface area (Å²) in [6, 6.07) is 3.18. The number of benzene rings is 1. The van der Waals surface area contributed by atoms with E-state index in [0.717, 1.165) is 0 Å². The lowest BCUT2D eigenvalue weighted by atomic mass is 10.1. The summed E-state index contributed by atoms with van der Waals surface area (Å²) in [6.07, 6.45) is -0.194. The van der Waals surface area contributed by atoms with E-state index in [1.807, 2.05) is 0 Å². The molecule has 0 radical (unpaired) electrons. The first-order valence-electron chi connectivity index (χ1n) is 3.99. The number of nitrogens with two attached hydrogens (primary N) is 2. The quantitative estimate of drug-likeness (QED) is 0.611. The fourth-order valence-electron chi connectivity index (χ4n) is 1.19. The van der Waals surface area contributed by atoms with Crippen LogP contribution in [0.2, 0.25) is 0 Å². The SMILES string of the molecule is COc1ccc(N)c(N)c1CC(=O)O. The third-order valence-electron chi connectivity index (χ3n) is 1.90. The zero-order valence-electron chi connectivity index (χ0n) is 7.78. The van der Waals surface area contributed by atoms with Gasteiger partial charge in [0, 0.05) is 5.56 Å². The van der Waals surface area contributed by atoms with Gasteiger partial charge >= 0.3 is 5.97 Å². The molecule has 0 aliphatic carbocycles. The van der Waals surface area contributed by atoms with Crippen LogP contribution in [-0.2, 0) is 11.2 Å². The molecule has 5 N–H and O–H groups in total. The Kier molecular flexibility index (Phi) is 2.81. The average Bonchev–Trinajstić information content (AvgIpc) is 2.13. The first kappa shape index (κ1) is 10.2. The highest BCUT2D eigenvalue weighted by atomic mass is 16.5. The Morgan fingerprint density at radius 3 is 2.64 bits per heavy atom. The van der Waals surface area contributed by atoms with E-state index in [-0.39, 0.29) is 12.1 Å². The van der Waals surface area contributed by atoms with Gasteiger partial charge in [-0.05, 0) is 12.1 Å². The maximum atomic E-state index is 10.5. The minimum absolute atomic E-state index is 0.194. The number of hydrogen-bond acceptors (Lipinski definition) is 4. The summed E-state index contributed by atoms with van der Waals surface area (Å²) in [4.78, 5) is 10.5. The van der Waals surface area contributed by atoms with Crippen LogP contribution in [0.1, 0.15) is 5.56 Å². The van der Waals surface area contributed by atoms with Gasteiger partial charge < -0.3 is 21.3 Å². The molecule has 0 saturated carbocycles. The van der Waals surface area contributed by atoms with Crippen LogP contribution in [0, 0.1) is 0 Å². The minimum Gasteiger partial charge on any atom is -0.496 e. The second kappa shape index (κ2) is 3.87. The van der Waals surface area contributed by atoms with Crippen molar-refractivity contribution < 1.29 is 14.6 Å². The van der Waals surface area contributed by atoms with Crippen molar-refractivity contribution in [2.75, 3.05) is 18.6 Å². The Balaban J connectivity index is 3.20. The number of carboxylic acids is 1. The van der Waals surface area contributed by atoms with Crippen molar-refractivity contribution in [1.29, 1.82) is 0 Å². The number of ether oxygens (including phenoxy) is 1. The highest BCUT2D eigenvalue weighted by Gasteiger charge is 2.12. The predicted octanol–water partition coefficient (Wildman–Crippen LogP) is 0.487. The first-order chi connectivity index (χ1) is 6.56. The van der Waals surface area contributed by atoms with Crippen LogP contribution >= 0.6 is 0 Å². The van der Waals surface area contributed by atoms with Gasteiger partial charge in [-0.1, -0.05) is 0 Å². The van der Waals surface area contributed by atoms with Gasteiger partial charge in [0.15, 0.2) is 0 Å². The zero-order valence-corrected chi connectivity index (χ0v) is 7.78. The molecule has 0 atom stereocenters. The third kappa shape index (κ3) is 1.87. The van der Waals surface area contributed by atoms with Crippen molar-refractivity contribution in [3.05, 3.63) is 17.7 Å². The smallest absolute Gasteiger partial charge is 0.308 e. The molecule has 0 fully saturated rings. The molecule has 1 aromatic rings. The Labute approximate surface area is 81.3 Å². The van der Waals surface area contributed by atoms with E-state index in [1.54, 1.807) is 12.1 Å². The summed E-state index contributed by atoms with van der Waals surface area (Å²) in [5.41, 5.74) is 12.2. The van der Waals surface area contributed by atoms with Crippen LogP contribution in [-0.4, -0.2) is 18.2 Å². The summed E-state index contributed by atoms with van der Waals surface area (Å²) in [5, 5.41) is 8.65. The van der Waals surface area contributed by atoms with E-state index in [9.17, 15) is 4.79 Å². The molecule has 0 aliphatic heterocycles. The summed E-state index contributed by atoms with van der Waals surface area (Å²) in [5.74, 6) is -0.528. The lowest BCUT2D eigenvalue weighted by Gasteiger charge is -2.11. The molecule has 0 heterocycles. The monoisotopic (exact) mass is 196 g/mol. The summed E-state index contributed by atoms with van der Waals surface area (Å²) in [7, 11) is 1.45. The van der Waals surface area contributed by atoms with Crippen LogP contribution in [0.15, 0.2) is 12.1 Å². The Morgan fingerprint density at radius 1 is 1.50 bits per heavy atom. The summed E-state index contributed by atoms with van der Waals surface area (Å²) < 4.78 is 4.98. The van der Waals surface area contributed by atoms with E-state index < -0.39 is 5.97 Å². The fourth-order valence-corrected chi connectivity index (χ4v) is 1.19. The average molecular weight is 196 g/mol.